The first-order chi connectivity index (χ1) is 9.52. The van der Waals surface area contributed by atoms with Crippen molar-refractivity contribution >= 4 is 17.3 Å². The number of carbonyl (C=O) groups excluding carboxylic acids is 1. The zero-order valence-corrected chi connectivity index (χ0v) is 11.2. The van der Waals surface area contributed by atoms with E-state index in [0.29, 0.717) is 11.4 Å². The zero-order valence-electron chi connectivity index (χ0n) is 11.2. The lowest BCUT2D eigenvalue weighted by molar-refractivity contribution is 0.102. The molecule has 2 aromatic rings. The van der Waals surface area contributed by atoms with Gasteiger partial charge < -0.3 is 10.7 Å². The van der Waals surface area contributed by atoms with E-state index in [1.54, 1.807) is 19.1 Å². The number of para-hydroxylation sites is 1. The molecule has 0 bridgehead atoms. The Morgan fingerprint density at radius 2 is 2.00 bits per heavy atom. The fourth-order valence-corrected chi connectivity index (χ4v) is 1.87. The maximum atomic E-state index is 13.5. The third kappa shape index (κ3) is 2.75. The summed E-state index contributed by atoms with van der Waals surface area (Å²) in [5, 5.41) is 2.69. The van der Waals surface area contributed by atoms with Gasteiger partial charge in [0.2, 0.25) is 0 Å². The average Bonchev–Trinajstić information content (AvgIpc) is 2.41. The predicted octanol–water partition coefficient (Wildman–Crippen LogP) is 2.38. The van der Waals surface area contributed by atoms with Crippen LogP contribution in [0.25, 0.3) is 0 Å². The van der Waals surface area contributed by atoms with Crippen molar-refractivity contribution in [2.45, 2.75) is 13.8 Å². The third-order valence-electron chi connectivity index (χ3n) is 2.88. The van der Waals surface area contributed by atoms with Crippen LogP contribution in [-0.2, 0) is 0 Å². The molecule has 0 radical (unpaired) electrons. The number of aryl methyl sites for hydroxylation is 2. The maximum absolute atomic E-state index is 13.5. The Bertz CT molecular complexity index is 658. The molecule has 104 valence electrons. The van der Waals surface area contributed by atoms with Crippen LogP contribution in [0.4, 0.5) is 15.8 Å². The van der Waals surface area contributed by atoms with Crippen LogP contribution in [0.15, 0.2) is 30.3 Å². The maximum Gasteiger partial charge on any atom is 0.257 e. The van der Waals surface area contributed by atoms with Gasteiger partial charge in [0.25, 0.3) is 5.91 Å². The van der Waals surface area contributed by atoms with Gasteiger partial charge in [0.15, 0.2) is 0 Å². The number of hydrazine groups is 1. The first-order valence-corrected chi connectivity index (χ1v) is 6.03. The molecule has 2 rings (SSSR count). The van der Waals surface area contributed by atoms with Crippen molar-refractivity contribution < 1.29 is 9.18 Å². The van der Waals surface area contributed by atoms with Crippen molar-refractivity contribution in [3.63, 3.8) is 0 Å². The number of rotatable bonds is 3. The minimum absolute atomic E-state index is 0.0391. The second kappa shape index (κ2) is 5.66. The number of hydrogen-bond acceptors (Lipinski definition) is 4. The van der Waals surface area contributed by atoms with Gasteiger partial charge in [0, 0.05) is 5.69 Å². The Labute approximate surface area is 116 Å². The lowest BCUT2D eigenvalue weighted by atomic mass is 10.1. The minimum atomic E-state index is -0.584. The summed E-state index contributed by atoms with van der Waals surface area (Å²) in [5.74, 6) is 4.21. The summed E-state index contributed by atoms with van der Waals surface area (Å²) in [4.78, 5) is 16.4. The number of pyridine rings is 1. The van der Waals surface area contributed by atoms with Crippen LogP contribution in [0.1, 0.15) is 21.7 Å². The Kier molecular flexibility index (Phi) is 3.95. The van der Waals surface area contributed by atoms with Gasteiger partial charge in [0.1, 0.15) is 5.82 Å². The number of benzene rings is 1. The van der Waals surface area contributed by atoms with E-state index in [9.17, 15) is 9.18 Å². The van der Waals surface area contributed by atoms with Crippen LogP contribution in [0.2, 0.25) is 0 Å². The van der Waals surface area contributed by atoms with Crippen LogP contribution in [0.3, 0.4) is 0 Å². The van der Waals surface area contributed by atoms with Gasteiger partial charge in [0.05, 0.1) is 22.6 Å². The van der Waals surface area contributed by atoms with Gasteiger partial charge >= 0.3 is 0 Å². The molecule has 1 amide bonds. The number of nitrogens with two attached hydrogens (primary N) is 1. The van der Waals surface area contributed by atoms with E-state index in [4.69, 9.17) is 5.84 Å². The average molecular weight is 274 g/mol. The highest BCUT2D eigenvalue weighted by molar-refractivity contribution is 6.08. The van der Waals surface area contributed by atoms with Crippen molar-refractivity contribution in [2.24, 2.45) is 5.84 Å². The summed E-state index contributed by atoms with van der Waals surface area (Å²) in [6.07, 6.45) is 0. The van der Waals surface area contributed by atoms with E-state index in [1.165, 1.54) is 18.2 Å². The number of halogens is 1. The molecule has 6 heteroatoms. The lowest BCUT2D eigenvalue weighted by Gasteiger charge is -2.11. The van der Waals surface area contributed by atoms with E-state index in [2.05, 4.69) is 15.7 Å². The SMILES string of the molecule is Cc1ccc(NC(=O)c2cccc(F)c2NN)c(C)n1. The normalized spacial score (nSPS) is 10.2. The van der Waals surface area contributed by atoms with Gasteiger partial charge in [-0.05, 0) is 38.1 Å². The van der Waals surface area contributed by atoms with Gasteiger partial charge in [-0.25, -0.2) is 4.39 Å². The number of nitrogens with zero attached hydrogens (tertiary/aromatic N) is 1. The Morgan fingerprint density at radius 1 is 1.25 bits per heavy atom. The predicted molar refractivity (Wildman–Crippen MR) is 75.9 cm³/mol. The summed E-state index contributed by atoms with van der Waals surface area (Å²) < 4.78 is 13.5. The molecule has 0 aliphatic carbocycles. The Hall–Kier alpha value is -2.47. The van der Waals surface area contributed by atoms with Crippen molar-refractivity contribution in [2.75, 3.05) is 10.7 Å². The summed E-state index contributed by atoms with van der Waals surface area (Å²) in [7, 11) is 0. The molecule has 1 aromatic carbocycles. The van der Waals surface area contributed by atoms with Gasteiger partial charge in [-0.1, -0.05) is 6.07 Å². The summed E-state index contributed by atoms with van der Waals surface area (Å²) >= 11 is 0. The number of amides is 1. The van der Waals surface area contributed by atoms with Gasteiger partial charge in [-0.3, -0.25) is 15.6 Å². The lowest BCUT2D eigenvalue weighted by Crippen LogP contribution is -2.19. The number of anilines is 2. The zero-order chi connectivity index (χ0) is 14.7. The molecular formula is C14H15FN4O. The molecule has 5 nitrogen and oxygen atoms in total. The molecule has 0 unspecified atom stereocenters. The summed E-state index contributed by atoms with van der Waals surface area (Å²) in [6.45, 7) is 3.65. The highest BCUT2D eigenvalue weighted by Gasteiger charge is 2.15. The molecule has 0 aliphatic rings. The fourth-order valence-electron chi connectivity index (χ4n) is 1.87. The Balaban J connectivity index is 2.31. The quantitative estimate of drug-likeness (QED) is 0.593. The molecule has 0 saturated heterocycles. The molecular weight excluding hydrogens is 259 g/mol. The van der Waals surface area contributed by atoms with Crippen LogP contribution in [0, 0.1) is 19.7 Å². The minimum Gasteiger partial charge on any atom is -0.321 e. The second-order valence-corrected chi connectivity index (χ2v) is 4.35. The fraction of sp³-hybridized carbons (Fsp3) is 0.143. The molecule has 0 aliphatic heterocycles. The van der Waals surface area contributed by atoms with E-state index in [0.717, 1.165) is 5.69 Å². The molecule has 20 heavy (non-hydrogen) atoms. The largest absolute Gasteiger partial charge is 0.321 e. The standard InChI is InChI=1S/C14H15FN4O/c1-8-6-7-12(9(2)17-8)18-14(20)10-4-3-5-11(15)13(10)19-16/h3-7,19H,16H2,1-2H3,(H,18,20). The molecule has 1 aromatic heterocycles. The van der Waals surface area contributed by atoms with E-state index in [-0.39, 0.29) is 11.3 Å². The molecule has 0 spiro atoms. The van der Waals surface area contributed by atoms with Crippen molar-refractivity contribution in [1.29, 1.82) is 0 Å². The number of nitrogen functional groups attached to an aromatic ring is 1. The highest BCUT2D eigenvalue weighted by Crippen LogP contribution is 2.21. The van der Waals surface area contributed by atoms with Crippen molar-refractivity contribution in [1.82, 2.24) is 4.98 Å². The summed E-state index contributed by atoms with van der Waals surface area (Å²) in [6, 6.07) is 7.71. The van der Waals surface area contributed by atoms with Gasteiger partial charge in [-0.2, -0.15) is 0 Å². The van der Waals surface area contributed by atoms with Crippen molar-refractivity contribution in [3.8, 4) is 0 Å². The number of hydrogen-bond donors (Lipinski definition) is 3. The number of carbonyl (C=O) groups is 1. The molecule has 0 saturated carbocycles. The first-order valence-electron chi connectivity index (χ1n) is 6.03. The van der Waals surface area contributed by atoms with Crippen molar-refractivity contribution in [3.05, 3.63) is 53.1 Å². The molecule has 4 N–H and O–H groups in total. The molecule has 0 fully saturated rings. The van der Waals surface area contributed by atoms with Crippen LogP contribution < -0.4 is 16.6 Å². The third-order valence-corrected chi connectivity index (χ3v) is 2.88. The topological polar surface area (TPSA) is 80.0 Å². The number of nitrogens with one attached hydrogen (secondary N) is 2. The van der Waals surface area contributed by atoms with Gasteiger partial charge in [-0.15, -0.1) is 0 Å². The highest BCUT2D eigenvalue weighted by atomic mass is 19.1. The monoisotopic (exact) mass is 274 g/mol. The second-order valence-electron chi connectivity index (χ2n) is 4.35. The number of aromatic nitrogens is 1. The molecule has 1 heterocycles. The summed E-state index contributed by atoms with van der Waals surface area (Å²) in [5.41, 5.74) is 4.42. The Morgan fingerprint density at radius 3 is 2.65 bits per heavy atom. The smallest absolute Gasteiger partial charge is 0.257 e. The van der Waals surface area contributed by atoms with E-state index >= 15 is 0 Å². The van der Waals surface area contributed by atoms with Crippen LogP contribution >= 0.6 is 0 Å². The van der Waals surface area contributed by atoms with E-state index < -0.39 is 11.7 Å². The molecule has 0 atom stereocenters. The first kappa shape index (κ1) is 14.0. The van der Waals surface area contributed by atoms with Crippen LogP contribution in [0.5, 0.6) is 0 Å². The van der Waals surface area contributed by atoms with E-state index in [1.807, 2.05) is 6.92 Å². The van der Waals surface area contributed by atoms with Crippen LogP contribution in [-0.4, -0.2) is 10.9 Å².